The normalized spacial score (nSPS) is 9.73. The predicted octanol–water partition coefficient (Wildman–Crippen LogP) is 1.52. The Hall–Kier alpha value is -0.770. The van der Waals surface area contributed by atoms with E-state index in [9.17, 15) is 0 Å². The molecular weight excluding hydrogens is 160 g/mol. The van der Waals surface area contributed by atoms with E-state index < -0.39 is 0 Å². The van der Waals surface area contributed by atoms with Crippen LogP contribution < -0.4 is 4.74 Å². The molecule has 1 heterocycles. The van der Waals surface area contributed by atoms with Crippen molar-refractivity contribution in [2.45, 2.75) is 12.1 Å². The zero-order chi connectivity index (χ0) is 8.27. The Bertz CT molecular complexity index is 252. The topological polar surface area (TPSA) is 35.0 Å². The zero-order valence-corrected chi connectivity index (χ0v) is 7.60. The lowest BCUT2D eigenvalue weighted by molar-refractivity contribution is 0.389. The van der Waals surface area contributed by atoms with Crippen LogP contribution in [-0.2, 0) is 0 Å². The Kier molecular flexibility index (Phi) is 2.70. The van der Waals surface area contributed by atoms with Gasteiger partial charge in [0.25, 0.3) is 0 Å². The largest absolute Gasteiger partial charge is 0.481 e. The van der Waals surface area contributed by atoms with Crippen LogP contribution in [0.3, 0.4) is 0 Å². The number of rotatable bonds is 2. The van der Waals surface area contributed by atoms with E-state index in [0.717, 1.165) is 10.7 Å². The monoisotopic (exact) mass is 170 g/mol. The van der Waals surface area contributed by atoms with Gasteiger partial charge in [0, 0.05) is 11.8 Å². The molecule has 3 nitrogen and oxygen atoms in total. The Morgan fingerprint density at radius 1 is 1.55 bits per heavy atom. The van der Waals surface area contributed by atoms with Crippen molar-refractivity contribution in [1.29, 1.82) is 0 Å². The minimum Gasteiger partial charge on any atom is -0.481 e. The highest BCUT2D eigenvalue weighted by atomic mass is 32.2. The van der Waals surface area contributed by atoms with E-state index in [2.05, 4.69) is 9.97 Å². The van der Waals surface area contributed by atoms with Crippen LogP contribution in [0.25, 0.3) is 0 Å². The van der Waals surface area contributed by atoms with Gasteiger partial charge >= 0.3 is 0 Å². The van der Waals surface area contributed by atoms with E-state index in [-0.39, 0.29) is 0 Å². The highest BCUT2D eigenvalue weighted by Crippen LogP contribution is 2.16. The van der Waals surface area contributed by atoms with E-state index in [4.69, 9.17) is 4.74 Å². The van der Waals surface area contributed by atoms with Crippen molar-refractivity contribution >= 4 is 11.8 Å². The molecule has 0 bridgehead atoms. The fourth-order valence-corrected chi connectivity index (χ4v) is 1.05. The Morgan fingerprint density at radius 3 is 2.82 bits per heavy atom. The molecule has 0 radical (unpaired) electrons. The molecule has 0 aliphatic carbocycles. The Labute approximate surface area is 70.2 Å². The summed E-state index contributed by atoms with van der Waals surface area (Å²) in [6, 6.07) is 0. The minimum atomic E-state index is 0.657. The molecule has 0 saturated heterocycles. The second kappa shape index (κ2) is 3.57. The predicted molar refractivity (Wildman–Crippen MR) is 45.1 cm³/mol. The first kappa shape index (κ1) is 8.33. The second-order valence-electron chi connectivity index (χ2n) is 2.05. The van der Waals surface area contributed by atoms with Gasteiger partial charge in [0.05, 0.1) is 7.11 Å². The number of thioether (sulfide) groups is 1. The van der Waals surface area contributed by atoms with E-state index in [1.807, 2.05) is 13.2 Å². The number of aromatic nitrogens is 2. The molecule has 60 valence electrons. The summed E-state index contributed by atoms with van der Waals surface area (Å²) in [7, 11) is 1.61. The van der Waals surface area contributed by atoms with Gasteiger partial charge in [-0.25, -0.2) is 4.98 Å². The zero-order valence-electron chi connectivity index (χ0n) is 6.79. The summed E-state index contributed by atoms with van der Waals surface area (Å²) >= 11 is 1.50. The first-order valence-corrected chi connectivity index (χ1v) is 4.42. The lowest BCUT2D eigenvalue weighted by atomic mass is 10.4. The fraction of sp³-hybridized carbons (Fsp3) is 0.429. The lowest BCUT2D eigenvalue weighted by Crippen LogP contribution is -1.94. The molecule has 1 aromatic heterocycles. The van der Waals surface area contributed by atoms with Gasteiger partial charge in [-0.1, -0.05) is 11.8 Å². The highest BCUT2D eigenvalue weighted by Gasteiger charge is 2.01. The van der Waals surface area contributed by atoms with Crippen molar-refractivity contribution in [3.63, 3.8) is 0 Å². The van der Waals surface area contributed by atoms with Gasteiger partial charge < -0.3 is 4.74 Å². The first-order valence-electron chi connectivity index (χ1n) is 3.19. The second-order valence-corrected chi connectivity index (χ2v) is 2.82. The van der Waals surface area contributed by atoms with Gasteiger partial charge in [-0.05, 0) is 13.2 Å². The molecule has 0 N–H and O–H groups in total. The molecule has 1 aromatic rings. The number of nitrogens with zero attached hydrogens (tertiary/aromatic N) is 2. The lowest BCUT2D eigenvalue weighted by Gasteiger charge is -2.02. The van der Waals surface area contributed by atoms with Crippen LogP contribution in [0, 0.1) is 6.92 Å². The van der Waals surface area contributed by atoms with Gasteiger partial charge in [0.1, 0.15) is 0 Å². The summed E-state index contributed by atoms with van der Waals surface area (Å²) < 4.78 is 5.02. The average molecular weight is 170 g/mol. The van der Waals surface area contributed by atoms with E-state index in [1.54, 1.807) is 13.3 Å². The molecule has 0 atom stereocenters. The van der Waals surface area contributed by atoms with Gasteiger partial charge in [0.2, 0.25) is 5.88 Å². The van der Waals surface area contributed by atoms with Crippen molar-refractivity contribution in [2.75, 3.05) is 13.4 Å². The quantitative estimate of drug-likeness (QED) is 0.498. The molecule has 0 amide bonds. The van der Waals surface area contributed by atoms with Crippen molar-refractivity contribution in [3.8, 4) is 5.88 Å². The fourth-order valence-electron chi connectivity index (χ4n) is 0.716. The summed E-state index contributed by atoms with van der Waals surface area (Å²) in [6.07, 6.45) is 3.70. The molecular formula is C7H10N2OS. The van der Waals surface area contributed by atoms with Crippen LogP contribution in [-0.4, -0.2) is 23.3 Å². The van der Waals surface area contributed by atoms with E-state index in [1.165, 1.54) is 11.8 Å². The first-order chi connectivity index (χ1) is 5.27. The maximum absolute atomic E-state index is 5.02. The SMILES string of the molecule is COc1nc(SC)ncc1C. The molecule has 0 aliphatic heterocycles. The van der Waals surface area contributed by atoms with Crippen LogP contribution in [0.4, 0.5) is 0 Å². The smallest absolute Gasteiger partial charge is 0.220 e. The van der Waals surface area contributed by atoms with Gasteiger partial charge in [0.15, 0.2) is 5.16 Å². The van der Waals surface area contributed by atoms with Gasteiger partial charge in [-0.3, -0.25) is 0 Å². The highest BCUT2D eigenvalue weighted by molar-refractivity contribution is 7.98. The van der Waals surface area contributed by atoms with Crippen LogP contribution in [0.5, 0.6) is 5.88 Å². The summed E-state index contributed by atoms with van der Waals surface area (Å²) in [6.45, 7) is 1.92. The maximum atomic E-state index is 5.02. The van der Waals surface area contributed by atoms with E-state index in [0.29, 0.717) is 5.88 Å². The average Bonchev–Trinajstić information content (AvgIpc) is 2.05. The number of hydrogen-bond acceptors (Lipinski definition) is 4. The third-order valence-electron chi connectivity index (χ3n) is 1.28. The molecule has 0 aromatic carbocycles. The number of hydrogen-bond donors (Lipinski definition) is 0. The molecule has 0 unspecified atom stereocenters. The third kappa shape index (κ3) is 1.83. The molecule has 0 aliphatic rings. The van der Waals surface area contributed by atoms with Crippen LogP contribution in [0.2, 0.25) is 0 Å². The summed E-state index contributed by atoms with van der Waals surface area (Å²) in [5.74, 6) is 0.657. The van der Waals surface area contributed by atoms with Crippen LogP contribution in [0.15, 0.2) is 11.4 Å². The number of methoxy groups -OCH3 is 1. The summed E-state index contributed by atoms with van der Waals surface area (Å²) in [4.78, 5) is 8.22. The third-order valence-corrected chi connectivity index (χ3v) is 1.84. The number of ether oxygens (including phenoxy) is 1. The molecule has 11 heavy (non-hydrogen) atoms. The van der Waals surface area contributed by atoms with Gasteiger partial charge in [-0.15, -0.1) is 0 Å². The van der Waals surface area contributed by atoms with Crippen molar-refractivity contribution < 1.29 is 4.74 Å². The van der Waals surface area contributed by atoms with E-state index >= 15 is 0 Å². The minimum absolute atomic E-state index is 0.657. The van der Waals surface area contributed by atoms with Crippen LogP contribution >= 0.6 is 11.8 Å². The molecule has 0 saturated carbocycles. The van der Waals surface area contributed by atoms with Crippen molar-refractivity contribution in [1.82, 2.24) is 9.97 Å². The van der Waals surface area contributed by atoms with Gasteiger partial charge in [-0.2, -0.15) is 4.98 Å². The summed E-state index contributed by atoms with van der Waals surface area (Å²) in [5, 5.41) is 0.743. The van der Waals surface area contributed by atoms with Crippen molar-refractivity contribution in [2.24, 2.45) is 0 Å². The standard InChI is InChI=1S/C7H10N2OS/c1-5-4-8-7(11-3)9-6(5)10-2/h4H,1-3H3. The Balaban J connectivity index is 3.02. The maximum Gasteiger partial charge on any atom is 0.220 e. The molecule has 4 heteroatoms. The number of aryl methyl sites for hydroxylation is 1. The van der Waals surface area contributed by atoms with Crippen LogP contribution in [0.1, 0.15) is 5.56 Å². The van der Waals surface area contributed by atoms with Crippen molar-refractivity contribution in [3.05, 3.63) is 11.8 Å². The Morgan fingerprint density at radius 2 is 2.27 bits per heavy atom. The summed E-state index contributed by atoms with van der Waals surface area (Å²) in [5.41, 5.74) is 0.963. The molecule has 0 fully saturated rings. The molecule has 0 spiro atoms. The molecule has 1 rings (SSSR count).